The van der Waals surface area contributed by atoms with E-state index in [4.69, 9.17) is 17.0 Å². The van der Waals surface area contributed by atoms with Gasteiger partial charge in [0.05, 0.1) is 6.61 Å². The van der Waals surface area contributed by atoms with E-state index in [9.17, 15) is 0 Å². The van der Waals surface area contributed by atoms with E-state index < -0.39 is 0 Å². The number of hydrogen-bond donors (Lipinski definition) is 1. The third kappa shape index (κ3) is 4.51. The topological polar surface area (TPSA) is 24.5 Å². The van der Waals surface area contributed by atoms with Crippen molar-refractivity contribution in [1.82, 2.24) is 10.2 Å². The number of rotatable bonds is 4. The second-order valence-corrected chi connectivity index (χ2v) is 3.21. The zero-order chi connectivity index (χ0) is 9.56. The highest BCUT2D eigenvalue weighted by molar-refractivity contribution is 7.80. The van der Waals surface area contributed by atoms with Crippen LogP contribution in [-0.4, -0.2) is 43.4 Å². The van der Waals surface area contributed by atoms with Crippen molar-refractivity contribution < 1.29 is 4.74 Å². The van der Waals surface area contributed by atoms with E-state index in [1.54, 1.807) is 7.11 Å². The molecule has 0 spiro atoms. The Kier molecular flexibility index (Phi) is 6.02. The fourth-order valence-electron chi connectivity index (χ4n) is 0.756. The number of ether oxygens (including phenoxy) is 1. The summed E-state index contributed by atoms with van der Waals surface area (Å²) in [5, 5.41) is 3.94. The Balaban J connectivity index is 3.67. The van der Waals surface area contributed by atoms with Gasteiger partial charge in [-0.3, -0.25) is 0 Å². The van der Waals surface area contributed by atoms with Gasteiger partial charge < -0.3 is 15.0 Å². The zero-order valence-corrected chi connectivity index (χ0v) is 9.07. The fraction of sp³-hybridized carbons (Fsp3) is 0.875. The van der Waals surface area contributed by atoms with E-state index in [1.165, 1.54) is 0 Å². The molecule has 12 heavy (non-hydrogen) atoms. The smallest absolute Gasteiger partial charge is 0.168 e. The van der Waals surface area contributed by atoms with Gasteiger partial charge in [0.25, 0.3) is 0 Å². The van der Waals surface area contributed by atoms with Crippen LogP contribution in [0.5, 0.6) is 0 Å². The van der Waals surface area contributed by atoms with Gasteiger partial charge in [-0.05, 0) is 26.1 Å². The van der Waals surface area contributed by atoms with Crippen molar-refractivity contribution in [1.29, 1.82) is 0 Å². The highest BCUT2D eigenvalue weighted by Crippen LogP contribution is 1.88. The van der Waals surface area contributed by atoms with Crippen LogP contribution in [-0.2, 0) is 4.74 Å². The largest absolute Gasteiger partial charge is 0.383 e. The monoisotopic (exact) mass is 190 g/mol. The van der Waals surface area contributed by atoms with Crippen LogP contribution in [0.1, 0.15) is 13.8 Å². The van der Waals surface area contributed by atoms with Gasteiger partial charge in [0, 0.05) is 26.7 Å². The predicted molar refractivity (Wildman–Crippen MR) is 55.4 cm³/mol. The lowest BCUT2D eigenvalue weighted by Crippen LogP contribution is -2.43. The molecule has 0 bridgehead atoms. The maximum atomic E-state index is 5.13. The standard InChI is InChI=1S/C8H18N2OS/c1-5-10(3)8(12)9-7(2)6-11-4/h7H,5-6H2,1-4H3,(H,9,12). The summed E-state index contributed by atoms with van der Waals surface area (Å²) in [5.74, 6) is 0. The molecule has 0 aromatic rings. The molecule has 0 rings (SSSR count). The fourth-order valence-corrected chi connectivity index (χ4v) is 1.09. The molecular formula is C8H18N2OS. The normalized spacial score (nSPS) is 12.3. The summed E-state index contributed by atoms with van der Waals surface area (Å²) in [4.78, 5) is 1.99. The van der Waals surface area contributed by atoms with E-state index in [-0.39, 0.29) is 6.04 Å². The molecule has 0 saturated carbocycles. The second kappa shape index (κ2) is 6.20. The maximum Gasteiger partial charge on any atom is 0.168 e. The molecule has 1 N–H and O–H groups in total. The first kappa shape index (κ1) is 11.6. The number of nitrogens with zero attached hydrogens (tertiary/aromatic N) is 1. The molecule has 3 nitrogen and oxygen atoms in total. The lowest BCUT2D eigenvalue weighted by atomic mass is 10.4. The summed E-state index contributed by atoms with van der Waals surface area (Å²) in [5.41, 5.74) is 0. The van der Waals surface area contributed by atoms with E-state index in [1.807, 2.05) is 18.9 Å². The summed E-state index contributed by atoms with van der Waals surface area (Å²) in [6.07, 6.45) is 0. The van der Waals surface area contributed by atoms with Crippen LogP contribution in [0.3, 0.4) is 0 Å². The Morgan fingerprint density at radius 1 is 1.67 bits per heavy atom. The van der Waals surface area contributed by atoms with E-state index in [0.29, 0.717) is 6.61 Å². The molecule has 72 valence electrons. The Hall–Kier alpha value is -0.350. The summed E-state index contributed by atoms with van der Waals surface area (Å²) in [6.45, 7) is 5.71. The maximum absolute atomic E-state index is 5.13. The first-order valence-corrected chi connectivity index (χ1v) is 4.53. The summed E-state index contributed by atoms with van der Waals surface area (Å²) >= 11 is 5.13. The van der Waals surface area contributed by atoms with Crippen molar-refractivity contribution in [2.24, 2.45) is 0 Å². The van der Waals surface area contributed by atoms with Crippen LogP contribution in [0, 0.1) is 0 Å². The molecule has 0 aromatic heterocycles. The van der Waals surface area contributed by atoms with Crippen molar-refractivity contribution in [2.75, 3.05) is 27.3 Å². The van der Waals surface area contributed by atoms with Crippen LogP contribution in [0.15, 0.2) is 0 Å². The van der Waals surface area contributed by atoms with Gasteiger partial charge in [0.15, 0.2) is 5.11 Å². The lowest BCUT2D eigenvalue weighted by molar-refractivity contribution is 0.178. The molecule has 0 aromatic carbocycles. The van der Waals surface area contributed by atoms with Crippen molar-refractivity contribution in [3.63, 3.8) is 0 Å². The van der Waals surface area contributed by atoms with E-state index >= 15 is 0 Å². The van der Waals surface area contributed by atoms with Crippen LogP contribution in [0.2, 0.25) is 0 Å². The van der Waals surface area contributed by atoms with Gasteiger partial charge in [-0.15, -0.1) is 0 Å². The number of thiocarbonyl (C=S) groups is 1. The number of methoxy groups -OCH3 is 1. The second-order valence-electron chi connectivity index (χ2n) is 2.82. The zero-order valence-electron chi connectivity index (χ0n) is 8.26. The van der Waals surface area contributed by atoms with Crippen molar-refractivity contribution in [3.05, 3.63) is 0 Å². The first-order chi connectivity index (χ1) is 5.61. The minimum atomic E-state index is 0.275. The highest BCUT2D eigenvalue weighted by Gasteiger charge is 2.05. The summed E-state index contributed by atoms with van der Waals surface area (Å²) in [6, 6.07) is 0.275. The van der Waals surface area contributed by atoms with Gasteiger partial charge in [-0.2, -0.15) is 0 Å². The molecule has 0 aliphatic rings. The Morgan fingerprint density at radius 2 is 2.25 bits per heavy atom. The average molecular weight is 190 g/mol. The lowest BCUT2D eigenvalue weighted by Gasteiger charge is -2.22. The van der Waals surface area contributed by atoms with Gasteiger partial charge in [-0.25, -0.2) is 0 Å². The van der Waals surface area contributed by atoms with E-state index in [2.05, 4.69) is 12.2 Å². The molecule has 0 amide bonds. The van der Waals surface area contributed by atoms with Crippen molar-refractivity contribution in [2.45, 2.75) is 19.9 Å². The molecule has 0 radical (unpaired) electrons. The Labute approximate surface area is 80.1 Å². The first-order valence-electron chi connectivity index (χ1n) is 4.12. The number of hydrogen-bond acceptors (Lipinski definition) is 2. The average Bonchev–Trinajstić information content (AvgIpc) is 2.03. The summed E-state index contributed by atoms with van der Waals surface area (Å²) in [7, 11) is 3.65. The quantitative estimate of drug-likeness (QED) is 0.664. The van der Waals surface area contributed by atoms with Crippen LogP contribution in [0.25, 0.3) is 0 Å². The number of nitrogens with one attached hydrogen (secondary N) is 1. The predicted octanol–water partition coefficient (Wildman–Crippen LogP) is 0.847. The van der Waals surface area contributed by atoms with Gasteiger partial charge in [-0.1, -0.05) is 0 Å². The molecule has 4 heteroatoms. The van der Waals surface area contributed by atoms with Crippen LogP contribution >= 0.6 is 12.2 Å². The van der Waals surface area contributed by atoms with Gasteiger partial charge in [0.2, 0.25) is 0 Å². The molecule has 0 fully saturated rings. The SMILES string of the molecule is CCN(C)C(=S)NC(C)COC. The highest BCUT2D eigenvalue weighted by atomic mass is 32.1. The molecule has 1 atom stereocenters. The molecule has 0 saturated heterocycles. The van der Waals surface area contributed by atoms with Crippen LogP contribution in [0.4, 0.5) is 0 Å². The molecule has 0 aliphatic heterocycles. The third-order valence-corrected chi connectivity index (χ3v) is 2.04. The molecule has 1 unspecified atom stereocenters. The Bertz CT molecular complexity index is 141. The minimum Gasteiger partial charge on any atom is -0.383 e. The van der Waals surface area contributed by atoms with Gasteiger partial charge >= 0.3 is 0 Å². The minimum absolute atomic E-state index is 0.275. The molecular weight excluding hydrogens is 172 g/mol. The van der Waals surface area contributed by atoms with Crippen molar-refractivity contribution in [3.8, 4) is 0 Å². The van der Waals surface area contributed by atoms with E-state index in [0.717, 1.165) is 11.7 Å². The van der Waals surface area contributed by atoms with Crippen LogP contribution < -0.4 is 5.32 Å². The Morgan fingerprint density at radius 3 is 2.67 bits per heavy atom. The molecule has 0 heterocycles. The third-order valence-electron chi connectivity index (χ3n) is 1.61. The van der Waals surface area contributed by atoms with Crippen molar-refractivity contribution >= 4 is 17.3 Å². The van der Waals surface area contributed by atoms with Gasteiger partial charge in [0.1, 0.15) is 0 Å². The molecule has 0 aliphatic carbocycles. The summed E-state index contributed by atoms with van der Waals surface area (Å²) < 4.78 is 4.98.